The zero-order chi connectivity index (χ0) is 105. The fourth-order valence-corrected chi connectivity index (χ4v) is 20.4. The molecule has 8 amide bonds. The first-order chi connectivity index (χ1) is 70.2. The Labute approximate surface area is 857 Å². The maximum absolute atomic E-state index is 14.1. The van der Waals surface area contributed by atoms with Gasteiger partial charge in [0, 0.05) is 168 Å². The van der Waals surface area contributed by atoms with Gasteiger partial charge in [-0.2, -0.15) is 38.1 Å². The van der Waals surface area contributed by atoms with Gasteiger partial charge < -0.3 is 65.0 Å². The lowest BCUT2D eigenvalue weighted by atomic mass is 9.83. The molecule has 5 fully saturated rings. The number of urea groups is 4. The molecule has 10 aromatic carbocycles. The van der Waals surface area contributed by atoms with Gasteiger partial charge in [-0.25, -0.2) is 54.3 Å². The van der Waals surface area contributed by atoms with Gasteiger partial charge >= 0.3 is 36.5 Å². The quantitative estimate of drug-likeness (QED) is 0.0317. The molecule has 10 aromatic rings. The number of rotatable bonds is 30. The van der Waals surface area contributed by atoms with Crippen LogP contribution in [-0.4, -0.2) is 177 Å². The number of nitrogens with zero attached hydrogens (tertiary/aromatic N) is 8. The van der Waals surface area contributed by atoms with Crippen LogP contribution in [0, 0.1) is 29.2 Å². The molecular weight excluding hydrogens is 1930 g/mol. The Balaban J connectivity index is 0.000000164. The summed E-state index contributed by atoms with van der Waals surface area (Å²) in [6, 6.07) is 63.3. The summed E-state index contributed by atoms with van der Waals surface area (Å²) >= 11 is 1.87. The van der Waals surface area contributed by atoms with E-state index in [1.165, 1.54) is 37.7 Å². The molecule has 1 saturated carbocycles. The average molecular weight is 2070 g/mol. The lowest BCUT2D eigenvalue weighted by Crippen LogP contribution is -2.51. The highest BCUT2D eigenvalue weighted by atomic mass is 32.2. The number of amides is 8. The molecule has 0 radical (unpaired) electrons. The number of halogens is 14. The summed E-state index contributed by atoms with van der Waals surface area (Å²) in [6.07, 6.45) is 7.55. The smallest absolute Gasteiger partial charge is 0.416 e. The number of likely N-dealkylation sites (tertiary alicyclic amines) is 4. The number of hydrogen-bond donors (Lipinski definition) is 4. The molecule has 4 unspecified atom stereocenters. The van der Waals surface area contributed by atoms with Gasteiger partial charge in [0.25, 0.3) is 11.8 Å². The zero-order valence-corrected chi connectivity index (χ0v) is 85.0. The molecule has 0 spiro atoms. The first kappa shape index (κ1) is 112. The minimum Gasteiger partial charge on any atom is -0.454 e. The third kappa shape index (κ3) is 33.8. The van der Waals surface area contributed by atoms with Gasteiger partial charge in [0.2, 0.25) is 6.79 Å². The van der Waals surface area contributed by atoms with E-state index >= 15 is 0 Å². The number of hydrogen-bond acceptors (Lipinski definition) is 11. The number of carbonyl (C=O) groups is 4. The minimum absolute atomic E-state index is 0.00933. The van der Waals surface area contributed by atoms with E-state index in [0.29, 0.717) is 75.7 Å². The number of anilines is 4. The van der Waals surface area contributed by atoms with Gasteiger partial charge in [-0.05, 0) is 240 Å². The molecule has 1 aliphatic carbocycles. The largest absolute Gasteiger partial charge is 0.454 e. The first-order valence-corrected chi connectivity index (χ1v) is 52.0. The molecule has 790 valence electrons. The summed E-state index contributed by atoms with van der Waals surface area (Å²) in [5.41, 5.74) is 2.61. The molecule has 18 nitrogen and oxygen atoms in total. The Morgan fingerprint density at radius 1 is 0.361 bits per heavy atom. The fourth-order valence-electron chi connectivity index (χ4n) is 20.1. The molecular formula is C114H134F14N12O6S. The normalized spacial score (nSPS) is 16.9. The Hall–Kier alpha value is -11.9. The highest BCUT2D eigenvalue weighted by Crippen LogP contribution is 2.41. The van der Waals surface area contributed by atoms with E-state index in [4.69, 9.17) is 9.47 Å². The van der Waals surface area contributed by atoms with Crippen molar-refractivity contribution in [2.24, 2.45) is 5.92 Å². The van der Waals surface area contributed by atoms with Crippen LogP contribution in [-0.2, 0) is 50.4 Å². The van der Waals surface area contributed by atoms with Crippen LogP contribution >= 0.6 is 11.8 Å². The second kappa shape index (κ2) is 52.8. The lowest BCUT2D eigenvalue weighted by molar-refractivity contribution is -0.138. The molecule has 147 heavy (non-hydrogen) atoms. The maximum atomic E-state index is 14.1. The Morgan fingerprint density at radius 2 is 0.673 bits per heavy atom. The average Bonchev–Trinajstić information content (AvgIpc) is 1.57. The molecule has 0 bridgehead atoms. The Morgan fingerprint density at radius 3 is 1.01 bits per heavy atom. The van der Waals surface area contributed by atoms with E-state index in [0.717, 1.165) is 223 Å². The maximum Gasteiger partial charge on any atom is 0.416 e. The van der Waals surface area contributed by atoms with Gasteiger partial charge in [-0.3, -0.25) is 4.90 Å². The number of nitrogens with one attached hydrogen (secondary N) is 4. The third-order valence-electron chi connectivity index (χ3n) is 28.8. The van der Waals surface area contributed by atoms with Crippen LogP contribution in [0.4, 0.5) is 103 Å². The van der Waals surface area contributed by atoms with Crippen LogP contribution in [0.15, 0.2) is 243 Å². The standard InChI is InChI=1S/C31H36F3N3O.C29H29F4N3O3.C28H35F4N3O.C26H34F3N3OS/c1-23(25-11-7-4-8-12-25)13-16-36-17-14-29(15-18-36)37(22-24-9-5-3-6-10-24)30(38)35-28-20-26(31(2,33)34)19-27(32)21-28;1-19(21-7-8-26-27(13-21)39-18-38-26)35-11-9-25(10-12-35)36(17-20-5-3-2-4-6-20)28(37)34-24-15-22(29(31,32)33)14-23(30)16-24;1-20(22-10-6-3-7-11-22)34-14-12-26(13-15-34)35(19-21-8-4-2-5-9-21)27(36)33-25-17-23(28(30,31)32)16-24(29)18-25;1-19(34-3)9-12-31-13-10-24(11-14-31)32(18-20-7-5-4-6-8-20)25(33)30-23-16-21(26(2,28)29)15-22(27)17-23/h3-12,19-21,23,29H,13-18,22H2,1-2H3,(H,35,38);2-8,13-16,19,25H,9-12,17-18H2,1H3,(H,34,37);2,4-5,8-9,16-18,20,22,26H,3,6-7,10-15,19H2,1H3,(H,33,36);4-8,15-17,19,24H,9-14,18H2,1-3H3,(H,30,33). The minimum atomic E-state index is -4.73. The van der Waals surface area contributed by atoms with Crippen molar-refractivity contribution in [3.05, 3.63) is 322 Å². The van der Waals surface area contributed by atoms with E-state index in [2.05, 4.69) is 99.1 Å². The monoisotopic (exact) mass is 2070 g/mol. The van der Waals surface area contributed by atoms with Crippen LogP contribution in [0.25, 0.3) is 0 Å². The van der Waals surface area contributed by atoms with Crippen molar-refractivity contribution in [3.8, 4) is 11.5 Å². The highest BCUT2D eigenvalue weighted by molar-refractivity contribution is 7.99. The predicted molar refractivity (Wildman–Crippen MR) is 551 cm³/mol. The van der Waals surface area contributed by atoms with Gasteiger partial charge in [-0.1, -0.05) is 191 Å². The van der Waals surface area contributed by atoms with Crippen LogP contribution in [0.3, 0.4) is 0 Å². The molecule has 5 aliphatic heterocycles. The molecule has 4 N–H and O–H groups in total. The SMILES string of the molecule is CC(C1CCCCC1)N1CCC(N(Cc2ccccc2)C(=O)Nc2cc(F)cc(C(F)(F)F)c2)CC1.CC(CCN1CCC(N(Cc2ccccc2)C(=O)Nc2cc(F)cc(C(C)(F)F)c2)CC1)c1ccccc1.CC(c1ccc2c(c1)OCO2)N1CCC(N(Cc2ccccc2)C(=O)Nc2cc(F)cc(C(F)(F)F)c2)CC1.CSC(C)CCN1CCC(N(Cc2ccccc2)C(=O)Nc2cc(F)cc(C(C)(F)F)c2)CC1. The van der Waals surface area contributed by atoms with Crippen LogP contribution in [0.5, 0.6) is 11.5 Å². The van der Waals surface area contributed by atoms with E-state index in [-0.39, 0.29) is 66.3 Å². The molecule has 0 aromatic heterocycles. The molecule has 16 rings (SSSR count). The summed E-state index contributed by atoms with van der Waals surface area (Å²) < 4.78 is 201. The number of benzene rings is 10. The fraction of sp³-hybridized carbons (Fsp3) is 0.439. The highest BCUT2D eigenvalue weighted by Gasteiger charge is 2.40. The summed E-state index contributed by atoms with van der Waals surface area (Å²) in [6.45, 7) is 20.7. The number of fused-ring (bicyclic) bond motifs is 1. The van der Waals surface area contributed by atoms with Crippen molar-refractivity contribution < 1.29 is 90.1 Å². The van der Waals surface area contributed by atoms with Crippen molar-refractivity contribution in [3.63, 3.8) is 0 Å². The van der Waals surface area contributed by atoms with Gasteiger partial charge in [-0.15, -0.1) is 0 Å². The van der Waals surface area contributed by atoms with Crippen LogP contribution in [0.1, 0.15) is 205 Å². The second-order valence-corrected chi connectivity index (χ2v) is 40.7. The van der Waals surface area contributed by atoms with E-state index < -0.39 is 93.8 Å². The Bertz CT molecular complexity index is 5830. The molecule has 4 saturated heterocycles. The van der Waals surface area contributed by atoms with Crippen molar-refractivity contribution in [1.82, 2.24) is 39.2 Å². The van der Waals surface area contributed by atoms with Crippen LogP contribution < -0.4 is 30.7 Å². The molecule has 5 heterocycles. The number of thioether (sulfide) groups is 1. The topological polar surface area (TPSA) is 161 Å². The summed E-state index contributed by atoms with van der Waals surface area (Å²) in [5.74, 6) is -7.50. The van der Waals surface area contributed by atoms with E-state index in [1.54, 1.807) is 19.6 Å². The number of piperidine rings is 4. The summed E-state index contributed by atoms with van der Waals surface area (Å²) in [4.78, 5) is 70.1. The van der Waals surface area contributed by atoms with Gasteiger partial charge in [0.15, 0.2) is 11.5 Å². The van der Waals surface area contributed by atoms with Gasteiger partial charge in [0.05, 0.1) is 11.1 Å². The molecule has 33 heteroatoms. The third-order valence-corrected chi connectivity index (χ3v) is 29.8. The number of carbonyl (C=O) groups excluding carboxylic acids is 4. The van der Waals surface area contributed by atoms with Crippen molar-refractivity contribution in [2.45, 2.75) is 236 Å². The van der Waals surface area contributed by atoms with Crippen LogP contribution in [0.2, 0.25) is 0 Å². The number of ether oxygens (including phenoxy) is 2. The summed E-state index contributed by atoms with van der Waals surface area (Å²) in [5, 5.41) is 11.0. The van der Waals surface area contributed by atoms with Crippen molar-refractivity contribution >= 4 is 58.6 Å². The first-order valence-electron chi connectivity index (χ1n) is 50.7. The molecule has 4 atom stereocenters. The number of alkyl halides is 10. The Kier molecular flexibility index (Phi) is 40.3. The van der Waals surface area contributed by atoms with Crippen molar-refractivity contribution in [1.29, 1.82) is 0 Å². The van der Waals surface area contributed by atoms with E-state index in [9.17, 15) is 80.6 Å². The molecule has 6 aliphatic rings. The van der Waals surface area contributed by atoms with E-state index in [1.807, 2.05) is 157 Å². The second-order valence-electron chi connectivity index (χ2n) is 39.4. The lowest BCUT2D eigenvalue weighted by Gasteiger charge is -2.43. The summed E-state index contributed by atoms with van der Waals surface area (Å²) in [7, 11) is 0. The predicted octanol–water partition coefficient (Wildman–Crippen LogP) is 28.4. The van der Waals surface area contributed by atoms with Crippen molar-refractivity contribution in [2.75, 3.05) is 99.8 Å². The van der Waals surface area contributed by atoms with Gasteiger partial charge in [0.1, 0.15) is 23.3 Å². The zero-order valence-electron chi connectivity index (χ0n) is 84.2.